The zero-order chi connectivity index (χ0) is 13.6. The number of fused-ring (bicyclic) bond motifs is 1. The van der Waals surface area contributed by atoms with Gasteiger partial charge in [0, 0.05) is 0 Å². The molecule has 0 amide bonds. The summed E-state index contributed by atoms with van der Waals surface area (Å²) < 4.78 is 28.2. The number of aromatic nitrogens is 4. The number of nitrogens with one attached hydrogen (secondary N) is 1. The number of halogens is 2. The van der Waals surface area contributed by atoms with Crippen molar-refractivity contribution in [3.63, 3.8) is 0 Å². The maximum atomic E-state index is 13.8. The number of H-pyrrole nitrogens is 1. The van der Waals surface area contributed by atoms with Crippen LogP contribution in [0.2, 0.25) is 0 Å². The second-order valence-corrected chi connectivity index (χ2v) is 5.27. The number of nitrogens with zero attached hydrogens (tertiary/aromatic N) is 3. The van der Waals surface area contributed by atoms with Crippen molar-refractivity contribution in [2.75, 3.05) is 6.61 Å². The van der Waals surface area contributed by atoms with Gasteiger partial charge in [0.15, 0.2) is 11.2 Å². The number of thioether (sulfide) groups is 1. The summed E-state index contributed by atoms with van der Waals surface area (Å²) in [5.74, 6) is -0.481. The fourth-order valence-electron chi connectivity index (χ4n) is 1.89. The number of aromatic amines is 1. The van der Waals surface area contributed by atoms with Gasteiger partial charge in [0.25, 0.3) is 11.6 Å². The molecule has 19 heavy (non-hydrogen) atoms. The molecule has 3 heterocycles. The third-order valence-corrected chi connectivity index (χ3v) is 4.07. The molecule has 0 unspecified atom stereocenters. The van der Waals surface area contributed by atoms with E-state index < -0.39 is 22.8 Å². The van der Waals surface area contributed by atoms with Crippen molar-refractivity contribution in [1.29, 1.82) is 0 Å². The third kappa shape index (κ3) is 1.94. The molecule has 0 saturated heterocycles. The van der Waals surface area contributed by atoms with E-state index in [2.05, 4.69) is 9.97 Å². The Morgan fingerprint density at radius 3 is 3.00 bits per heavy atom. The first kappa shape index (κ1) is 12.3. The molecule has 1 aliphatic heterocycles. The smallest absolute Gasteiger partial charge is 0.291 e. The lowest BCUT2D eigenvalue weighted by atomic mass is 10.3. The summed E-state index contributed by atoms with van der Waals surface area (Å²) in [6.45, 7) is -0.205. The fourth-order valence-corrected chi connectivity index (χ4v) is 3.01. The van der Waals surface area contributed by atoms with Crippen molar-refractivity contribution in [3.8, 4) is 0 Å². The average molecular weight is 286 g/mol. The van der Waals surface area contributed by atoms with Crippen LogP contribution in [0.4, 0.5) is 8.78 Å². The summed E-state index contributed by atoms with van der Waals surface area (Å²) in [7, 11) is 0. The van der Waals surface area contributed by atoms with Gasteiger partial charge in [-0.25, -0.2) is 9.37 Å². The molecular formula is C10H8F2N4O2S. The number of imidazole rings is 1. The first-order chi connectivity index (χ1) is 9.10. The molecule has 2 N–H and O–H groups in total. The summed E-state index contributed by atoms with van der Waals surface area (Å²) in [5.41, 5.74) is -0.796. The highest BCUT2D eigenvalue weighted by Gasteiger charge is 2.30. The molecule has 0 fully saturated rings. The van der Waals surface area contributed by atoms with E-state index in [0.29, 0.717) is 0 Å². The molecule has 100 valence electrons. The number of hydrogen-bond acceptors (Lipinski definition) is 5. The van der Waals surface area contributed by atoms with Crippen LogP contribution in [0.15, 0.2) is 23.0 Å². The van der Waals surface area contributed by atoms with E-state index in [1.165, 1.54) is 17.0 Å². The molecular weight excluding hydrogens is 278 g/mol. The molecule has 0 radical (unpaired) electrons. The van der Waals surface area contributed by atoms with Gasteiger partial charge in [0.1, 0.15) is 11.2 Å². The number of hydrogen-bond donors (Lipinski definition) is 2. The van der Waals surface area contributed by atoms with Crippen LogP contribution in [-0.2, 0) is 0 Å². The van der Waals surface area contributed by atoms with Gasteiger partial charge in [-0.1, -0.05) is 0 Å². The molecule has 0 spiro atoms. The van der Waals surface area contributed by atoms with Gasteiger partial charge in [0.2, 0.25) is 0 Å². The lowest BCUT2D eigenvalue weighted by Gasteiger charge is -2.12. The molecule has 1 aliphatic rings. The number of aliphatic hydroxyl groups excluding tert-OH is 1. The van der Waals surface area contributed by atoms with Crippen molar-refractivity contribution in [2.24, 2.45) is 0 Å². The predicted molar refractivity (Wildman–Crippen MR) is 64.8 cm³/mol. The van der Waals surface area contributed by atoms with Crippen LogP contribution in [0.5, 0.6) is 0 Å². The van der Waals surface area contributed by atoms with Gasteiger partial charge < -0.3 is 5.11 Å². The van der Waals surface area contributed by atoms with Crippen molar-refractivity contribution >= 4 is 22.9 Å². The Bertz CT molecular complexity index is 726. The second-order valence-electron chi connectivity index (χ2n) is 3.94. The Hall–Kier alpha value is -1.74. The highest BCUT2D eigenvalue weighted by Crippen LogP contribution is 2.42. The zero-order valence-electron chi connectivity index (χ0n) is 9.38. The Morgan fingerprint density at radius 2 is 2.32 bits per heavy atom. The quantitative estimate of drug-likeness (QED) is 0.795. The average Bonchev–Trinajstić information content (AvgIpc) is 2.92. The Balaban J connectivity index is 2.12. The summed E-state index contributed by atoms with van der Waals surface area (Å²) in [6, 6.07) is 0. The summed E-state index contributed by atoms with van der Waals surface area (Å²) >= 11 is 1.13. The van der Waals surface area contributed by atoms with Crippen LogP contribution in [0, 0.1) is 6.08 Å². The van der Waals surface area contributed by atoms with E-state index in [9.17, 15) is 13.6 Å². The van der Waals surface area contributed by atoms with Gasteiger partial charge in [-0.2, -0.15) is 9.37 Å². The lowest BCUT2D eigenvalue weighted by Crippen LogP contribution is -2.13. The molecule has 0 aliphatic carbocycles. The summed E-state index contributed by atoms with van der Waals surface area (Å²) in [4.78, 5) is 20.7. The van der Waals surface area contributed by atoms with Crippen LogP contribution < -0.4 is 5.56 Å². The molecule has 2 aromatic rings. The lowest BCUT2D eigenvalue weighted by molar-refractivity contribution is 0.307. The van der Waals surface area contributed by atoms with Crippen LogP contribution in [-0.4, -0.2) is 36.5 Å². The maximum Gasteiger partial charge on any atom is 0.291 e. The fraction of sp³-hybridized carbons (Fsp3) is 0.300. The summed E-state index contributed by atoms with van der Waals surface area (Å²) in [6.07, 6.45) is 1.47. The largest absolute Gasteiger partial charge is 0.395 e. The standard InChI is InChI=1S/C10H8F2N4O2S/c11-5-1-4(2-17)19-9(5)16-3-13-6-7(16)14-10(12)15-8(6)18/h1,3-4,9,17H,2H2,(H,14,15,18)/t4-,9+/m0/s1. The van der Waals surface area contributed by atoms with Crippen LogP contribution in [0.1, 0.15) is 5.37 Å². The Labute approximate surface area is 109 Å². The van der Waals surface area contributed by atoms with E-state index in [0.717, 1.165) is 11.8 Å². The molecule has 2 aromatic heterocycles. The second kappa shape index (κ2) is 4.42. The zero-order valence-corrected chi connectivity index (χ0v) is 10.2. The van der Waals surface area contributed by atoms with E-state index in [1.54, 1.807) is 0 Å². The van der Waals surface area contributed by atoms with E-state index in [-0.39, 0.29) is 23.0 Å². The first-order valence-electron chi connectivity index (χ1n) is 5.36. The van der Waals surface area contributed by atoms with E-state index >= 15 is 0 Å². The summed E-state index contributed by atoms with van der Waals surface area (Å²) in [5, 5.41) is 7.84. The SMILES string of the molecule is O=c1[nH]c(F)nc2c1ncn2[C@@H]1S[C@H](CO)C=C1F. The van der Waals surface area contributed by atoms with Crippen molar-refractivity contribution in [3.05, 3.63) is 34.7 Å². The highest BCUT2D eigenvalue weighted by molar-refractivity contribution is 8.00. The maximum absolute atomic E-state index is 13.8. The molecule has 0 saturated carbocycles. The minimum absolute atomic E-state index is 0.0270. The Kier molecular flexibility index (Phi) is 2.86. The minimum atomic E-state index is -1.05. The number of aliphatic hydroxyl groups is 1. The van der Waals surface area contributed by atoms with Gasteiger partial charge in [-0.3, -0.25) is 14.3 Å². The molecule has 2 atom stereocenters. The predicted octanol–water partition coefficient (Wildman–Crippen LogP) is 0.718. The normalized spacial score (nSPS) is 23.0. The van der Waals surface area contributed by atoms with Crippen molar-refractivity contribution in [1.82, 2.24) is 19.5 Å². The van der Waals surface area contributed by atoms with Crippen molar-refractivity contribution < 1.29 is 13.9 Å². The van der Waals surface area contributed by atoms with Gasteiger partial charge in [-0.05, 0) is 6.08 Å². The highest BCUT2D eigenvalue weighted by atomic mass is 32.2. The van der Waals surface area contributed by atoms with Gasteiger partial charge in [0.05, 0.1) is 18.2 Å². The van der Waals surface area contributed by atoms with Crippen LogP contribution in [0.3, 0.4) is 0 Å². The molecule has 0 bridgehead atoms. The first-order valence-corrected chi connectivity index (χ1v) is 6.30. The van der Waals surface area contributed by atoms with Gasteiger partial charge in [-0.15, -0.1) is 11.8 Å². The number of rotatable bonds is 2. The van der Waals surface area contributed by atoms with E-state index in [4.69, 9.17) is 5.11 Å². The van der Waals surface area contributed by atoms with Crippen LogP contribution in [0.25, 0.3) is 11.2 Å². The minimum Gasteiger partial charge on any atom is -0.395 e. The topological polar surface area (TPSA) is 83.8 Å². The van der Waals surface area contributed by atoms with E-state index in [1.807, 2.05) is 4.98 Å². The Morgan fingerprint density at radius 1 is 1.53 bits per heavy atom. The van der Waals surface area contributed by atoms with Gasteiger partial charge >= 0.3 is 0 Å². The molecule has 0 aromatic carbocycles. The monoisotopic (exact) mass is 286 g/mol. The van der Waals surface area contributed by atoms with Crippen LogP contribution >= 0.6 is 11.8 Å². The molecule has 9 heteroatoms. The van der Waals surface area contributed by atoms with Crippen molar-refractivity contribution in [2.45, 2.75) is 10.6 Å². The molecule has 3 rings (SSSR count). The molecule has 6 nitrogen and oxygen atoms in total. The third-order valence-electron chi connectivity index (χ3n) is 2.72.